The molecule has 0 aliphatic heterocycles. The summed E-state index contributed by atoms with van der Waals surface area (Å²) in [6.07, 6.45) is 4.49. The van der Waals surface area contributed by atoms with Crippen molar-refractivity contribution in [3.63, 3.8) is 0 Å². The number of hydrogen-bond acceptors (Lipinski definition) is 9. The van der Waals surface area contributed by atoms with Crippen LogP contribution in [0.15, 0.2) is 46.9 Å². The number of amides is 1. The molecule has 182 valence electrons. The molecule has 0 spiro atoms. The first-order chi connectivity index (χ1) is 17.5. The highest BCUT2D eigenvalue weighted by Gasteiger charge is 2.24. The Kier molecular flexibility index (Phi) is 7.57. The molecular formula is C26H24N6O4. The van der Waals surface area contributed by atoms with Crippen molar-refractivity contribution in [2.75, 3.05) is 17.7 Å². The quantitative estimate of drug-likeness (QED) is 0.456. The predicted octanol–water partition coefficient (Wildman–Crippen LogP) is 4.65. The number of nitriles is 2. The molecule has 1 aromatic heterocycles. The Balaban J connectivity index is 1.32. The predicted molar refractivity (Wildman–Crippen MR) is 129 cm³/mol. The smallest absolute Gasteiger partial charge is 0.320 e. The van der Waals surface area contributed by atoms with Crippen LogP contribution in [-0.4, -0.2) is 29.2 Å². The molecule has 10 nitrogen and oxygen atoms in total. The van der Waals surface area contributed by atoms with Gasteiger partial charge in [-0.3, -0.25) is 9.59 Å². The standard InChI is InChI=1S/C26H24N6O4/c1-35-23(33)12-16-2-4-17(5-3-16)18-6-9-21(10-7-18)29-24(34)25-31-32-26(36-25)30-22-11-8-19(14-27)20(13-22)15-28/h6-11,13,16-17H,2-5,12H2,1H3,(H,29,34)(H,30,32). The molecule has 0 atom stereocenters. The van der Waals surface area contributed by atoms with Gasteiger partial charge in [0.05, 0.1) is 18.2 Å². The van der Waals surface area contributed by atoms with Crippen LogP contribution in [0.5, 0.6) is 0 Å². The van der Waals surface area contributed by atoms with Gasteiger partial charge in [-0.05, 0) is 73.4 Å². The highest BCUT2D eigenvalue weighted by Crippen LogP contribution is 2.37. The minimum atomic E-state index is -0.552. The second-order valence-electron chi connectivity index (χ2n) is 8.60. The van der Waals surface area contributed by atoms with E-state index in [0.717, 1.165) is 25.7 Å². The normalized spacial score (nSPS) is 16.9. The molecule has 0 bridgehead atoms. The van der Waals surface area contributed by atoms with E-state index in [4.69, 9.17) is 19.7 Å². The first-order valence-electron chi connectivity index (χ1n) is 11.5. The number of hydrogen-bond donors (Lipinski definition) is 2. The van der Waals surface area contributed by atoms with Gasteiger partial charge in [0.15, 0.2) is 0 Å². The van der Waals surface area contributed by atoms with Crippen molar-refractivity contribution in [3.05, 3.63) is 65.0 Å². The minimum absolute atomic E-state index is 0.0214. The largest absolute Gasteiger partial charge is 0.469 e. The molecule has 0 radical (unpaired) electrons. The van der Waals surface area contributed by atoms with Crippen LogP contribution in [-0.2, 0) is 9.53 Å². The number of rotatable bonds is 7. The third-order valence-corrected chi connectivity index (χ3v) is 6.30. The Morgan fingerprint density at radius 1 is 1.00 bits per heavy atom. The second kappa shape index (κ2) is 11.2. The number of methoxy groups -OCH3 is 1. The lowest BCUT2D eigenvalue weighted by molar-refractivity contribution is -0.142. The Hall–Kier alpha value is -4.70. The Bertz CT molecular complexity index is 1330. The molecular weight excluding hydrogens is 460 g/mol. The summed E-state index contributed by atoms with van der Waals surface area (Å²) in [5.41, 5.74) is 2.73. The summed E-state index contributed by atoms with van der Waals surface area (Å²) in [5.74, 6) is -0.114. The number of nitrogens with one attached hydrogen (secondary N) is 2. The van der Waals surface area contributed by atoms with Crippen molar-refractivity contribution < 1.29 is 18.7 Å². The molecule has 1 aliphatic carbocycles. The van der Waals surface area contributed by atoms with Gasteiger partial charge in [0.2, 0.25) is 0 Å². The SMILES string of the molecule is COC(=O)CC1CCC(c2ccc(NC(=O)c3nnc(Nc4ccc(C#N)c(C#N)c4)o3)cc2)CC1. The van der Waals surface area contributed by atoms with Gasteiger partial charge >= 0.3 is 23.8 Å². The first-order valence-corrected chi connectivity index (χ1v) is 11.5. The van der Waals surface area contributed by atoms with Crippen molar-refractivity contribution in [3.8, 4) is 12.1 Å². The first kappa shape index (κ1) is 24.4. The molecule has 2 aromatic carbocycles. The van der Waals surface area contributed by atoms with E-state index in [1.54, 1.807) is 6.07 Å². The van der Waals surface area contributed by atoms with Gasteiger partial charge in [-0.1, -0.05) is 17.2 Å². The second-order valence-corrected chi connectivity index (χ2v) is 8.60. The van der Waals surface area contributed by atoms with E-state index in [-0.39, 0.29) is 29.0 Å². The molecule has 36 heavy (non-hydrogen) atoms. The molecule has 0 unspecified atom stereocenters. The summed E-state index contributed by atoms with van der Waals surface area (Å²) in [4.78, 5) is 24.0. The Labute approximate surface area is 207 Å². The Morgan fingerprint density at radius 3 is 2.36 bits per heavy atom. The van der Waals surface area contributed by atoms with Crippen molar-refractivity contribution in [1.82, 2.24) is 10.2 Å². The molecule has 1 aliphatic rings. The van der Waals surface area contributed by atoms with Crippen LogP contribution in [0.2, 0.25) is 0 Å². The molecule has 4 rings (SSSR count). The van der Waals surface area contributed by atoms with Gasteiger partial charge in [-0.15, -0.1) is 5.10 Å². The van der Waals surface area contributed by atoms with Gasteiger partial charge in [0.1, 0.15) is 12.1 Å². The number of benzene rings is 2. The van der Waals surface area contributed by atoms with Crippen molar-refractivity contribution in [1.29, 1.82) is 10.5 Å². The van der Waals surface area contributed by atoms with E-state index in [9.17, 15) is 9.59 Å². The van der Waals surface area contributed by atoms with Crippen molar-refractivity contribution >= 4 is 29.3 Å². The van der Waals surface area contributed by atoms with Gasteiger partial charge in [-0.2, -0.15) is 10.5 Å². The van der Waals surface area contributed by atoms with Gasteiger partial charge in [0.25, 0.3) is 0 Å². The summed E-state index contributed by atoms with van der Waals surface area (Å²) in [5, 5.41) is 31.3. The van der Waals surface area contributed by atoms with E-state index < -0.39 is 5.91 Å². The van der Waals surface area contributed by atoms with E-state index in [1.807, 2.05) is 36.4 Å². The van der Waals surface area contributed by atoms with Crippen molar-refractivity contribution in [2.45, 2.75) is 38.0 Å². The number of nitrogens with zero attached hydrogens (tertiary/aromatic N) is 4. The van der Waals surface area contributed by atoms with E-state index in [2.05, 4.69) is 20.8 Å². The lowest BCUT2D eigenvalue weighted by Crippen LogP contribution is -2.17. The van der Waals surface area contributed by atoms with Gasteiger partial charge in [-0.25, -0.2) is 0 Å². The minimum Gasteiger partial charge on any atom is -0.469 e. The molecule has 2 N–H and O–H groups in total. The highest BCUT2D eigenvalue weighted by atomic mass is 16.5. The van der Waals surface area contributed by atoms with E-state index in [0.29, 0.717) is 29.6 Å². The number of ether oxygens (including phenoxy) is 1. The van der Waals surface area contributed by atoms with E-state index >= 15 is 0 Å². The van der Waals surface area contributed by atoms with Crippen molar-refractivity contribution in [2.24, 2.45) is 5.92 Å². The number of esters is 1. The zero-order valence-corrected chi connectivity index (χ0v) is 19.7. The van der Waals surface area contributed by atoms with Crippen LogP contribution in [0.3, 0.4) is 0 Å². The maximum absolute atomic E-state index is 12.5. The van der Waals surface area contributed by atoms with Crippen LogP contribution in [0, 0.1) is 28.6 Å². The number of carbonyl (C=O) groups is 2. The monoisotopic (exact) mass is 484 g/mol. The zero-order valence-electron chi connectivity index (χ0n) is 19.7. The van der Waals surface area contributed by atoms with Crippen LogP contribution < -0.4 is 10.6 Å². The fraction of sp³-hybridized carbons (Fsp3) is 0.308. The fourth-order valence-corrected chi connectivity index (χ4v) is 4.34. The zero-order chi connectivity index (χ0) is 25.5. The molecule has 1 amide bonds. The third kappa shape index (κ3) is 5.86. The average Bonchev–Trinajstić information content (AvgIpc) is 3.38. The summed E-state index contributed by atoms with van der Waals surface area (Å²) in [6, 6.07) is 16.1. The fourth-order valence-electron chi connectivity index (χ4n) is 4.34. The van der Waals surface area contributed by atoms with Crippen LogP contribution in [0.1, 0.15) is 65.4 Å². The summed E-state index contributed by atoms with van der Waals surface area (Å²) >= 11 is 0. The number of carbonyl (C=O) groups excluding carboxylic acids is 2. The van der Waals surface area contributed by atoms with Crippen LogP contribution >= 0.6 is 0 Å². The van der Waals surface area contributed by atoms with Gasteiger partial charge in [0, 0.05) is 17.8 Å². The van der Waals surface area contributed by atoms with Gasteiger partial charge < -0.3 is 19.8 Å². The number of aromatic nitrogens is 2. The molecule has 0 saturated heterocycles. The summed E-state index contributed by atoms with van der Waals surface area (Å²) < 4.78 is 10.2. The molecule has 10 heteroatoms. The highest BCUT2D eigenvalue weighted by molar-refractivity contribution is 6.00. The maximum atomic E-state index is 12.5. The topological polar surface area (TPSA) is 154 Å². The third-order valence-electron chi connectivity index (χ3n) is 6.30. The van der Waals surface area contributed by atoms with E-state index in [1.165, 1.54) is 24.8 Å². The van der Waals surface area contributed by atoms with Crippen LogP contribution in [0.25, 0.3) is 0 Å². The van der Waals surface area contributed by atoms with Crippen LogP contribution in [0.4, 0.5) is 17.4 Å². The average molecular weight is 485 g/mol. The maximum Gasteiger partial charge on any atom is 0.320 e. The summed E-state index contributed by atoms with van der Waals surface area (Å²) in [6.45, 7) is 0. The Morgan fingerprint density at radius 2 is 1.69 bits per heavy atom. The summed E-state index contributed by atoms with van der Waals surface area (Å²) in [7, 11) is 1.42. The lowest BCUT2D eigenvalue weighted by Gasteiger charge is -2.28. The molecule has 1 fully saturated rings. The molecule has 1 heterocycles. The number of anilines is 3. The lowest BCUT2D eigenvalue weighted by atomic mass is 9.77. The molecule has 3 aromatic rings. The molecule has 1 saturated carbocycles.